The summed E-state index contributed by atoms with van der Waals surface area (Å²) in [4.78, 5) is 0. The monoisotopic (exact) mass is 266 g/mol. The third-order valence-corrected chi connectivity index (χ3v) is 4.81. The van der Waals surface area contributed by atoms with Gasteiger partial charge in [0.15, 0.2) is 0 Å². The molecule has 18 heavy (non-hydrogen) atoms. The summed E-state index contributed by atoms with van der Waals surface area (Å²) in [5, 5.41) is 0. The first-order chi connectivity index (χ1) is 8.56. The van der Waals surface area contributed by atoms with Crippen LogP contribution in [0.3, 0.4) is 0 Å². The lowest BCUT2D eigenvalue weighted by molar-refractivity contribution is 0.279. The molecule has 0 saturated carbocycles. The van der Waals surface area contributed by atoms with Gasteiger partial charge in [-0.05, 0) is 55.2 Å². The van der Waals surface area contributed by atoms with Gasteiger partial charge in [0.25, 0.3) is 0 Å². The van der Waals surface area contributed by atoms with Crippen LogP contribution >= 0.6 is 11.6 Å². The molecule has 0 aromatic heterocycles. The van der Waals surface area contributed by atoms with Crippen molar-refractivity contribution in [2.24, 2.45) is 5.41 Å². The molecule has 0 bridgehead atoms. The van der Waals surface area contributed by atoms with E-state index < -0.39 is 0 Å². The maximum absolute atomic E-state index is 6.28. The highest BCUT2D eigenvalue weighted by molar-refractivity contribution is 6.18. The Labute approximate surface area is 118 Å². The van der Waals surface area contributed by atoms with Gasteiger partial charge in [-0.2, -0.15) is 0 Å². The van der Waals surface area contributed by atoms with Crippen LogP contribution in [0.25, 0.3) is 0 Å². The van der Waals surface area contributed by atoms with Crippen molar-refractivity contribution in [1.82, 2.24) is 0 Å². The lowest BCUT2D eigenvalue weighted by Gasteiger charge is -2.31. The third-order valence-electron chi connectivity index (χ3n) is 4.24. The van der Waals surface area contributed by atoms with Crippen LogP contribution in [0.15, 0.2) is 18.2 Å². The Bertz CT molecular complexity index is 364. The van der Waals surface area contributed by atoms with Crippen LogP contribution in [0.1, 0.15) is 56.2 Å². The summed E-state index contributed by atoms with van der Waals surface area (Å²) in [5.74, 6) is 0.774. The highest BCUT2D eigenvalue weighted by Gasteiger charge is 2.26. The van der Waals surface area contributed by atoms with E-state index in [1.165, 1.54) is 42.4 Å². The Morgan fingerprint density at radius 2 is 1.83 bits per heavy atom. The molecule has 0 aliphatic heterocycles. The van der Waals surface area contributed by atoms with Gasteiger partial charge in [0.1, 0.15) is 0 Å². The van der Waals surface area contributed by atoms with Gasteiger partial charge in [0.2, 0.25) is 0 Å². The predicted octanol–water partition coefficient (Wildman–Crippen LogP) is 5.67. The zero-order chi connectivity index (χ0) is 13.6. The van der Waals surface area contributed by atoms with E-state index in [2.05, 4.69) is 45.9 Å². The summed E-state index contributed by atoms with van der Waals surface area (Å²) in [6.07, 6.45) is 6.07. The summed E-state index contributed by atoms with van der Waals surface area (Å²) in [6.45, 7) is 8.90. The SMILES string of the molecule is CCCCC(CC)(CCl)Cc1ccc(C)c(C)c1. The maximum atomic E-state index is 6.28. The summed E-state index contributed by atoms with van der Waals surface area (Å²) in [6, 6.07) is 6.84. The molecule has 0 amide bonds. The van der Waals surface area contributed by atoms with Crippen molar-refractivity contribution < 1.29 is 0 Å². The van der Waals surface area contributed by atoms with Crippen molar-refractivity contribution in [2.45, 2.75) is 59.8 Å². The number of halogens is 1. The molecule has 1 aromatic carbocycles. The highest BCUT2D eigenvalue weighted by atomic mass is 35.5. The molecule has 1 heteroatoms. The zero-order valence-corrected chi connectivity index (χ0v) is 13.1. The number of rotatable bonds is 7. The van der Waals surface area contributed by atoms with Crippen molar-refractivity contribution in [3.8, 4) is 0 Å². The van der Waals surface area contributed by atoms with Crippen LogP contribution in [-0.4, -0.2) is 5.88 Å². The Balaban J connectivity index is 2.84. The van der Waals surface area contributed by atoms with Crippen LogP contribution in [0.5, 0.6) is 0 Å². The van der Waals surface area contributed by atoms with Gasteiger partial charge < -0.3 is 0 Å². The van der Waals surface area contributed by atoms with E-state index in [-0.39, 0.29) is 0 Å². The Morgan fingerprint density at radius 3 is 2.33 bits per heavy atom. The van der Waals surface area contributed by atoms with E-state index in [4.69, 9.17) is 11.6 Å². The zero-order valence-electron chi connectivity index (χ0n) is 12.4. The topological polar surface area (TPSA) is 0 Å². The Hall–Kier alpha value is -0.490. The average Bonchev–Trinajstić information content (AvgIpc) is 2.39. The maximum Gasteiger partial charge on any atom is 0.0283 e. The van der Waals surface area contributed by atoms with E-state index >= 15 is 0 Å². The summed E-state index contributed by atoms with van der Waals surface area (Å²) in [7, 11) is 0. The average molecular weight is 267 g/mol. The fourth-order valence-corrected chi connectivity index (χ4v) is 2.91. The van der Waals surface area contributed by atoms with Gasteiger partial charge in [-0.15, -0.1) is 11.6 Å². The number of benzene rings is 1. The second-order valence-corrected chi connectivity index (χ2v) is 5.95. The summed E-state index contributed by atoms with van der Waals surface area (Å²) in [5.41, 5.74) is 4.50. The van der Waals surface area contributed by atoms with Crippen molar-refractivity contribution in [3.05, 3.63) is 34.9 Å². The molecule has 0 heterocycles. The molecule has 1 aromatic rings. The number of aryl methyl sites for hydroxylation is 2. The minimum atomic E-state index is 0.291. The van der Waals surface area contributed by atoms with E-state index in [0.29, 0.717) is 5.41 Å². The van der Waals surface area contributed by atoms with Crippen molar-refractivity contribution in [3.63, 3.8) is 0 Å². The molecule has 0 radical (unpaired) electrons. The fourth-order valence-electron chi connectivity index (χ4n) is 2.50. The minimum absolute atomic E-state index is 0.291. The first-order valence-corrected chi connectivity index (χ1v) is 7.72. The molecule has 0 saturated heterocycles. The Morgan fingerprint density at radius 1 is 1.11 bits per heavy atom. The molecule has 1 rings (SSSR count). The minimum Gasteiger partial charge on any atom is -0.126 e. The molecule has 1 unspecified atom stereocenters. The van der Waals surface area contributed by atoms with E-state index in [9.17, 15) is 0 Å². The molecule has 0 aliphatic rings. The van der Waals surface area contributed by atoms with Gasteiger partial charge in [-0.1, -0.05) is 44.9 Å². The van der Waals surface area contributed by atoms with Crippen LogP contribution in [0.4, 0.5) is 0 Å². The second kappa shape index (κ2) is 7.19. The van der Waals surface area contributed by atoms with Gasteiger partial charge >= 0.3 is 0 Å². The summed E-state index contributed by atoms with van der Waals surface area (Å²) >= 11 is 6.28. The number of hydrogen-bond acceptors (Lipinski definition) is 0. The van der Waals surface area contributed by atoms with Crippen LogP contribution in [0, 0.1) is 19.3 Å². The molecule has 0 fully saturated rings. The molecule has 0 N–H and O–H groups in total. The van der Waals surface area contributed by atoms with Gasteiger partial charge in [0, 0.05) is 5.88 Å². The molecule has 1 atom stereocenters. The molecule has 102 valence electrons. The molecule has 0 nitrogen and oxygen atoms in total. The van der Waals surface area contributed by atoms with E-state index in [1.54, 1.807) is 0 Å². The quantitative estimate of drug-likeness (QED) is 0.558. The van der Waals surface area contributed by atoms with E-state index in [1.807, 2.05) is 0 Å². The standard InChI is InChI=1S/C17H27Cl/c1-5-7-10-17(6-2,13-18)12-16-9-8-14(3)15(4)11-16/h8-9,11H,5-7,10,12-13H2,1-4H3. The smallest absolute Gasteiger partial charge is 0.0283 e. The molecular weight excluding hydrogens is 240 g/mol. The fraction of sp³-hybridized carbons (Fsp3) is 0.647. The molecular formula is C17H27Cl. The van der Waals surface area contributed by atoms with Crippen molar-refractivity contribution in [1.29, 1.82) is 0 Å². The number of hydrogen-bond donors (Lipinski definition) is 0. The molecule has 0 spiro atoms. The second-order valence-electron chi connectivity index (χ2n) is 5.69. The van der Waals surface area contributed by atoms with E-state index in [0.717, 1.165) is 12.3 Å². The van der Waals surface area contributed by atoms with Crippen molar-refractivity contribution >= 4 is 11.6 Å². The number of unbranched alkanes of at least 4 members (excludes halogenated alkanes) is 1. The number of alkyl halides is 1. The molecule has 0 aliphatic carbocycles. The van der Waals surface area contributed by atoms with Gasteiger partial charge in [0.05, 0.1) is 0 Å². The largest absolute Gasteiger partial charge is 0.126 e. The van der Waals surface area contributed by atoms with Gasteiger partial charge in [-0.25, -0.2) is 0 Å². The third kappa shape index (κ3) is 4.02. The van der Waals surface area contributed by atoms with Crippen LogP contribution in [-0.2, 0) is 6.42 Å². The lowest BCUT2D eigenvalue weighted by atomic mass is 9.76. The van der Waals surface area contributed by atoms with Crippen LogP contribution in [0.2, 0.25) is 0 Å². The summed E-state index contributed by atoms with van der Waals surface area (Å²) < 4.78 is 0. The normalized spacial score (nSPS) is 14.5. The highest BCUT2D eigenvalue weighted by Crippen LogP contribution is 2.34. The lowest BCUT2D eigenvalue weighted by Crippen LogP contribution is -2.25. The first-order valence-electron chi connectivity index (χ1n) is 7.19. The van der Waals surface area contributed by atoms with Crippen LogP contribution < -0.4 is 0 Å². The predicted molar refractivity (Wildman–Crippen MR) is 82.6 cm³/mol. The first kappa shape index (κ1) is 15.6. The van der Waals surface area contributed by atoms with Gasteiger partial charge in [-0.3, -0.25) is 0 Å². The Kier molecular flexibility index (Phi) is 6.21. The van der Waals surface area contributed by atoms with Crippen molar-refractivity contribution in [2.75, 3.05) is 5.88 Å².